The van der Waals surface area contributed by atoms with Gasteiger partial charge in [-0.05, 0) is 6.07 Å². The van der Waals surface area contributed by atoms with Gasteiger partial charge >= 0.3 is 12.1 Å². The van der Waals surface area contributed by atoms with Crippen LogP contribution in [0.15, 0.2) is 12.3 Å². The summed E-state index contributed by atoms with van der Waals surface area (Å²) in [5.74, 6) is -0.672. The SMILES string of the molecule is O=C1OCc2cc(C(F)(F)F)cnc21. The molecule has 0 atom stereocenters. The van der Waals surface area contributed by atoms with Crippen LogP contribution >= 0.6 is 0 Å². The zero-order valence-electron chi connectivity index (χ0n) is 6.76. The molecule has 0 saturated heterocycles. The number of ether oxygens (including phenoxy) is 1. The van der Waals surface area contributed by atoms with Crippen LogP contribution in [0.1, 0.15) is 21.6 Å². The number of cyclic esters (lactones) is 1. The first kappa shape index (κ1) is 8.98. The van der Waals surface area contributed by atoms with E-state index >= 15 is 0 Å². The van der Waals surface area contributed by atoms with Crippen molar-refractivity contribution in [3.63, 3.8) is 0 Å². The third-order valence-corrected chi connectivity index (χ3v) is 1.85. The number of carbonyl (C=O) groups is 1. The fourth-order valence-corrected chi connectivity index (χ4v) is 1.17. The van der Waals surface area contributed by atoms with Crippen LogP contribution in [0.25, 0.3) is 0 Å². The monoisotopic (exact) mass is 203 g/mol. The predicted octanol–water partition coefficient (Wildman–Crippen LogP) is 1.77. The lowest BCUT2D eigenvalue weighted by atomic mass is 10.1. The van der Waals surface area contributed by atoms with Crippen LogP contribution in [-0.2, 0) is 17.5 Å². The van der Waals surface area contributed by atoms with Crippen LogP contribution in [0.5, 0.6) is 0 Å². The van der Waals surface area contributed by atoms with E-state index in [9.17, 15) is 18.0 Å². The molecule has 0 amide bonds. The van der Waals surface area contributed by atoms with Gasteiger partial charge in [0.1, 0.15) is 6.61 Å². The quantitative estimate of drug-likeness (QED) is 0.603. The standard InChI is InChI=1S/C8H4F3NO2/c9-8(10,11)5-1-4-3-14-7(13)6(4)12-2-5/h1-2H,3H2. The summed E-state index contributed by atoms with van der Waals surface area (Å²) in [7, 11) is 0. The molecule has 3 nitrogen and oxygen atoms in total. The summed E-state index contributed by atoms with van der Waals surface area (Å²) in [4.78, 5) is 14.3. The van der Waals surface area contributed by atoms with Crippen molar-refractivity contribution in [2.75, 3.05) is 0 Å². The van der Waals surface area contributed by atoms with E-state index in [1.54, 1.807) is 0 Å². The third kappa shape index (κ3) is 1.32. The zero-order valence-corrected chi connectivity index (χ0v) is 6.76. The number of hydrogen-bond acceptors (Lipinski definition) is 3. The van der Waals surface area contributed by atoms with Crippen molar-refractivity contribution in [3.8, 4) is 0 Å². The third-order valence-electron chi connectivity index (χ3n) is 1.85. The molecule has 0 aromatic carbocycles. The number of carbonyl (C=O) groups excluding carboxylic acids is 1. The molecule has 74 valence electrons. The molecule has 6 heteroatoms. The second-order valence-corrected chi connectivity index (χ2v) is 2.81. The van der Waals surface area contributed by atoms with Crippen LogP contribution in [0.3, 0.4) is 0 Å². The average Bonchev–Trinajstić information content (AvgIpc) is 2.46. The first-order chi connectivity index (χ1) is 6.48. The van der Waals surface area contributed by atoms with Gasteiger partial charge in [-0.25, -0.2) is 9.78 Å². The Morgan fingerprint density at radius 1 is 1.43 bits per heavy atom. The van der Waals surface area contributed by atoms with Crippen LogP contribution in [-0.4, -0.2) is 11.0 Å². The van der Waals surface area contributed by atoms with Crippen LogP contribution in [0.2, 0.25) is 0 Å². The number of fused-ring (bicyclic) bond motifs is 1. The van der Waals surface area contributed by atoms with Crippen LogP contribution in [0, 0.1) is 0 Å². The Balaban J connectivity index is 2.47. The molecule has 0 saturated carbocycles. The molecule has 0 aliphatic carbocycles. The van der Waals surface area contributed by atoms with Gasteiger partial charge in [0.05, 0.1) is 5.56 Å². The zero-order chi connectivity index (χ0) is 10.3. The van der Waals surface area contributed by atoms with Gasteiger partial charge in [-0.2, -0.15) is 13.2 Å². The summed E-state index contributed by atoms with van der Waals surface area (Å²) in [6, 6.07) is 0.882. The van der Waals surface area contributed by atoms with E-state index in [1.807, 2.05) is 0 Å². The highest BCUT2D eigenvalue weighted by Gasteiger charge is 2.33. The van der Waals surface area contributed by atoms with E-state index in [0.717, 1.165) is 6.07 Å². The summed E-state index contributed by atoms with van der Waals surface area (Å²) < 4.78 is 41.1. The van der Waals surface area contributed by atoms with Crippen LogP contribution in [0.4, 0.5) is 13.2 Å². The smallest absolute Gasteiger partial charge is 0.417 e. The number of esters is 1. The summed E-state index contributed by atoms with van der Waals surface area (Å²) in [5.41, 5.74) is -0.711. The molecule has 14 heavy (non-hydrogen) atoms. The Labute approximate surface area is 76.5 Å². The molecule has 0 unspecified atom stereocenters. The van der Waals surface area contributed by atoms with Crippen molar-refractivity contribution >= 4 is 5.97 Å². The number of hydrogen-bond donors (Lipinski definition) is 0. The van der Waals surface area contributed by atoms with Crippen LogP contribution < -0.4 is 0 Å². The number of aromatic nitrogens is 1. The van der Waals surface area contributed by atoms with E-state index in [-0.39, 0.29) is 17.9 Å². The van der Waals surface area contributed by atoms with Crippen molar-refractivity contribution < 1.29 is 22.7 Å². The van der Waals surface area contributed by atoms with Gasteiger partial charge in [0.2, 0.25) is 0 Å². The molecule has 1 aromatic rings. The summed E-state index contributed by atoms with van der Waals surface area (Å²) in [6.07, 6.45) is -3.81. The van der Waals surface area contributed by atoms with E-state index in [0.29, 0.717) is 6.20 Å². The number of rotatable bonds is 0. The Morgan fingerprint density at radius 3 is 2.79 bits per heavy atom. The first-order valence-corrected chi connectivity index (χ1v) is 3.72. The molecule has 2 rings (SSSR count). The summed E-state index contributed by atoms with van der Waals surface area (Å²) >= 11 is 0. The highest BCUT2D eigenvalue weighted by Crippen LogP contribution is 2.31. The summed E-state index contributed by atoms with van der Waals surface area (Å²) in [5, 5.41) is 0. The topological polar surface area (TPSA) is 39.2 Å². The Kier molecular flexibility index (Phi) is 1.73. The Bertz CT molecular complexity index is 400. The Morgan fingerprint density at radius 2 is 2.14 bits per heavy atom. The molecule has 0 radical (unpaired) electrons. The first-order valence-electron chi connectivity index (χ1n) is 3.72. The van der Waals surface area contributed by atoms with E-state index in [2.05, 4.69) is 9.72 Å². The maximum Gasteiger partial charge on any atom is 0.417 e. The molecule has 1 aliphatic rings. The minimum atomic E-state index is -4.44. The van der Waals surface area contributed by atoms with Gasteiger partial charge in [0.15, 0.2) is 5.69 Å². The number of nitrogens with zero attached hydrogens (tertiary/aromatic N) is 1. The van der Waals surface area contributed by atoms with Gasteiger partial charge in [0.25, 0.3) is 0 Å². The lowest BCUT2D eigenvalue weighted by Crippen LogP contribution is -2.07. The number of alkyl halides is 3. The van der Waals surface area contributed by atoms with Gasteiger partial charge in [-0.15, -0.1) is 0 Å². The van der Waals surface area contributed by atoms with Crippen molar-refractivity contribution in [1.82, 2.24) is 4.98 Å². The van der Waals surface area contributed by atoms with Crippen molar-refractivity contribution in [2.45, 2.75) is 12.8 Å². The normalized spacial score (nSPS) is 15.2. The molecule has 1 aliphatic heterocycles. The van der Waals surface area contributed by atoms with Gasteiger partial charge in [0, 0.05) is 11.8 Å². The van der Waals surface area contributed by atoms with Crippen molar-refractivity contribution in [3.05, 3.63) is 29.1 Å². The number of pyridine rings is 1. The van der Waals surface area contributed by atoms with Gasteiger partial charge in [-0.3, -0.25) is 0 Å². The van der Waals surface area contributed by atoms with Crippen molar-refractivity contribution in [1.29, 1.82) is 0 Å². The maximum absolute atomic E-state index is 12.2. The van der Waals surface area contributed by atoms with Gasteiger partial charge < -0.3 is 4.74 Å². The predicted molar refractivity (Wildman–Crippen MR) is 38.4 cm³/mol. The minimum absolute atomic E-state index is 0.0296. The highest BCUT2D eigenvalue weighted by molar-refractivity contribution is 5.91. The fourth-order valence-electron chi connectivity index (χ4n) is 1.17. The maximum atomic E-state index is 12.2. The fraction of sp³-hybridized carbons (Fsp3) is 0.250. The number of halogens is 3. The van der Waals surface area contributed by atoms with E-state index < -0.39 is 17.7 Å². The molecule has 2 heterocycles. The highest BCUT2D eigenvalue weighted by atomic mass is 19.4. The molecule has 0 fully saturated rings. The minimum Gasteiger partial charge on any atom is -0.456 e. The molecular formula is C8H4F3NO2. The molecular weight excluding hydrogens is 199 g/mol. The molecule has 0 spiro atoms. The second-order valence-electron chi connectivity index (χ2n) is 2.81. The van der Waals surface area contributed by atoms with Gasteiger partial charge in [-0.1, -0.05) is 0 Å². The summed E-state index contributed by atoms with van der Waals surface area (Å²) in [6.45, 7) is -0.134. The van der Waals surface area contributed by atoms with E-state index in [1.165, 1.54) is 0 Å². The lowest BCUT2D eigenvalue weighted by molar-refractivity contribution is -0.137. The largest absolute Gasteiger partial charge is 0.456 e. The Hall–Kier alpha value is -1.59. The average molecular weight is 203 g/mol. The molecule has 0 N–H and O–H groups in total. The lowest BCUT2D eigenvalue weighted by Gasteiger charge is -2.05. The van der Waals surface area contributed by atoms with Crippen molar-refractivity contribution in [2.24, 2.45) is 0 Å². The molecule has 1 aromatic heterocycles. The molecule has 0 bridgehead atoms. The van der Waals surface area contributed by atoms with E-state index in [4.69, 9.17) is 0 Å². The second kappa shape index (κ2) is 2.70.